The fourth-order valence-electron chi connectivity index (χ4n) is 3.59. The van der Waals surface area contributed by atoms with Crippen LogP contribution in [0, 0.1) is 11.7 Å². The van der Waals surface area contributed by atoms with E-state index in [1.54, 1.807) is 13.0 Å². The van der Waals surface area contributed by atoms with E-state index in [1.807, 2.05) is 0 Å². The minimum atomic E-state index is -0.452. The molecule has 0 aromatic carbocycles. The molecule has 1 fully saturated rings. The summed E-state index contributed by atoms with van der Waals surface area (Å²) in [6.45, 7) is 16.1. The van der Waals surface area contributed by atoms with Crippen LogP contribution in [0.3, 0.4) is 0 Å². The average molecular weight is 365 g/mol. The first-order valence-corrected chi connectivity index (χ1v) is 9.63. The molecule has 0 saturated carbocycles. The molecule has 5 nitrogen and oxygen atoms in total. The second-order valence-electron chi connectivity index (χ2n) is 8.14. The summed E-state index contributed by atoms with van der Waals surface area (Å²) < 4.78 is 14.2. The van der Waals surface area contributed by atoms with Gasteiger partial charge in [-0.2, -0.15) is 0 Å². The smallest absolute Gasteiger partial charge is 0.228 e. The van der Waals surface area contributed by atoms with Crippen molar-refractivity contribution in [3.8, 4) is 0 Å². The maximum Gasteiger partial charge on any atom is 0.228 e. The van der Waals surface area contributed by atoms with Crippen LogP contribution < -0.4 is 4.90 Å². The first-order valence-electron chi connectivity index (χ1n) is 9.63. The molecule has 0 aliphatic carbocycles. The van der Waals surface area contributed by atoms with Crippen LogP contribution in [0.15, 0.2) is 18.3 Å². The first kappa shape index (κ1) is 20.8. The molecule has 2 heterocycles. The maximum atomic E-state index is 14.2. The highest BCUT2D eigenvalue weighted by molar-refractivity contribution is 5.92. The normalized spacial score (nSPS) is 16.9. The van der Waals surface area contributed by atoms with Gasteiger partial charge < -0.3 is 4.90 Å². The SMILES string of the molecule is CCC(=O)N(CC(C)(C)N1CCN(CC(C)C)CC1)c1ncccc1F. The lowest BCUT2D eigenvalue weighted by molar-refractivity contribution is -0.118. The summed E-state index contributed by atoms with van der Waals surface area (Å²) in [6, 6.07) is 2.91. The van der Waals surface area contributed by atoms with Gasteiger partial charge in [-0.15, -0.1) is 0 Å². The topological polar surface area (TPSA) is 39.7 Å². The molecular formula is C20H33FN4O. The number of halogens is 1. The predicted octanol–water partition coefficient (Wildman–Crippen LogP) is 3.02. The molecule has 0 bridgehead atoms. The molecule has 1 aliphatic rings. The summed E-state index contributed by atoms with van der Waals surface area (Å²) in [6.07, 6.45) is 1.86. The van der Waals surface area contributed by atoms with Gasteiger partial charge in [-0.3, -0.25) is 14.6 Å². The van der Waals surface area contributed by atoms with Crippen LogP contribution in [0.1, 0.15) is 41.0 Å². The number of aromatic nitrogens is 1. The number of pyridine rings is 1. The number of anilines is 1. The lowest BCUT2D eigenvalue weighted by Crippen LogP contribution is -2.59. The van der Waals surface area contributed by atoms with Gasteiger partial charge in [-0.05, 0) is 31.9 Å². The third-order valence-corrected chi connectivity index (χ3v) is 4.99. The van der Waals surface area contributed by atoms with Crippen molar-refractivity contribution in [1.29, 1.82) is 0 Å². The van der Waals surface area contributed by atoms with Gasteiger partial charge in [-0.25, -0.2) is 9.37 Å². The molecule has 1 aromatic rings. The Labute approximate surface area is 157 Å². The van der Waals surface area contributed by atoms with E-state index in [2.05, 4.69) is 42.5 Å². The van der Waals surface area contributed by atoms with Crippen LogP contribution in [0.4, 0.5) is 10.2 Å². The Balaban J connectivity index is 2.10. The lowest BCUT2D eigenvalue weighted by atomic mass is 10.00. The molecule has 26 heavy (non-hydrogen) atoms. The first-order chi connectivity index (χ1) is 12.2. The maximum absolute atomic E-state index is 14.2. The zero-order chi connectivity index (χ0) is 19.3. The molecule has 1 amide bonds. The largest absolute Gasteiger partial charge is 0.301 e. The Hall–Kier alpha value is -1.53. The van der Waals surface area contributed by atoms with Gasteiger partial charge in [0.15, 0.2) is 11.6 Å². The number of hydrogen-bond donors (Lipinski definition) is 0. The van der Waals surface area contributed by atoms with Gasteiger partial charge in [0.1, 0.15) is 0 Å². The molecule has 1 aromatic heterocycles. The molecule has 0 radical (unpaired) electrons. The van der Waals surface area contributed by atoms with E-state index in [0.29, 0.717) is 18.9 Å². The van der Waals surface area contributed by atoms with Crippen LogP contribution in [-0.2, 0) is 4.79 Å². The summed E-state index contributed by atoms with van der Waals surface area (Å²) >= 11 is 0. The number of amides is 1. The van der Waals surface area contributed by atoms with E-state index in [1.165, 1.54) is 17.2 Å². The number of piperazine rings is 1. The second-order valence-corrected chi connectivity index (χ2v) is 8.14. The van der Waals surface area contributed by atoms with E-state index in [0.717, 1.165) is 32.7 Å². The molecule has 0 unspecified atom stereocenters. The van der Waals surface area contributed by atoms with Crippen molar-refractivity contribution in [2.75, 3.05) is 44.2 Å². The molecule has 6 heteroatoms. The molecule has 1 aliphatic heterocycles. The number of nitrogens with zero attached hydrogens (tertiary/aromatic N) is 4. The molecule has 0 N–H and O–H groups in total. The summed E-state index contributed by atoms with van der Waals surface area (Å²) in [4.78, 5) is 23.0. The Kier molecular flexibility index (Phi) is 7.12. The molecule has 0 atom stereocenters. The van der Waals surface area contributed by atoms with Gasteiger partial charge in [0, 0.05) is 57.4 Å². The fraction of sp³-hybridized carbons (Fsp3) is 0.700. The monoisotopic (exact) mass is 364 g/mol. The molecular weight excluding hydrogens is 331 g/mol. The number of carbonyl (C=O) groups is 1. The van der Waals surface area contributed by atoms with Gasteiger partial charge >= 0.3 is 0 Å². The van der Waals surface area contributed by atoms with E-state index in [-0.39, 0.29) is 17.3 Å². The Morgan fingerprint density at radius 2 is 1.96 bits per heavy atom. The van der Waals surface area contributed by atoms with Crippen molar-refractivity contribution in [3.63, 3.8) is 0 Å². The van der Waals surface area contributed by atoms with Crippen molar-refractivity contribution in [3.05, 3.63) is 24.1 Å². The quantitative estimate of drug-likeness (QED) is 0.746. The standard InChI is InChI=1S/C20H33FN4O/c1-6-18(26)25(19-17(21)8-7-9-22-19)15-20(4,5)24-12-10-23(11-13-24)14-16(2)3/h7-9,16H,6,10-15H2,1-5H3. The summed E-state index contributed by atoms with van der Waals surface area (Å²) in [7, 11) is 0. The third-order valence-electron chi connectivity index (χ3n) is 4.99. The van der Waals surface area contributed by atoms with Crippen molar-refractivity contribution < 1.29 is 9.18 Å². The van der Waals surface area contributed by atoms with Crippen LogP contribution in [-0.4, -0.2) is 65.5 Å². The highest BCUT2D eigenvalue weighted by Crippen LogP contribution is 2.24. The predicted molar refractivity (Wildman–Crippen MR) is 104 cm³/mol. The van der Waals surface area contributed by atoms with Gasteiger partial charge in [0.05, 0.1) is 0 Å². The minimum Gasteiger partial charge on any atom is -0.301 e. The van der Waals surface area contributed by atoms with Crippen LogP contribution in [0.5, 0.6) is 0 Å². The summed E-state index contributed by atoms with van der Waals surface area (Å²) in [5.41, 5.74) is -0.251. The van der Waals surface area contributed by atoms with Crippen molar-refractivity contribution in [1.82, 2.24) is 14.8 Å². The van der Waals surface area contributed by atoms with Gasteiger partial charge in [-0.1, -0.05) is 20.8 Å². The summed E-state index contributed by atoms with van der Waals surface area (Å²) in [5.74, 6) is 0.242. The van der Waals surface area contributed by atoms with E-state index >= 15 is 0 Å². The van der Waals surface area contributed by atoms with Crippen LogP contribution >= 0.6 is 0 Å². The van der Waals surface area contributed by atoms with Gasteiger partial charge in [0.2, 0.25) is 5.91 Å². The lowest BCUT2D eigenvalue weighted by Gasteiger charge is -2.46. The Morgan fingerprint density at radius 1 is 1.31 bits per heavy atom. The van der Waals surface area contributed by atoms with Gasteiger partial charge in [0.25, 0.3) is 0 Å². The molecule has 1 saturated heterocycles. The highest BCUT2D eigenvalue weighted by Gasteiger charge is 2.34. The van der Waals surface area contributed by atoms with Crippen molar-refractivity contribution in [2.45, 2.75) is 46.6 Å². The van der Waals surface area contributed by atoms with Crippen molar-refractivity contribution in [2.24, 2.45) is 5.92 Å². The molecule has 2 rings (SSSR count). The number of carbonyl (C=O) groups excluding carboxylic acids is 1. The summed E-state index contributed by atoms with van der Waals surface area (Å²) in [5, 5.41) is 0. The minimum absolute atomic E-state index is 0.103. The molecule has 0 spiro atoms. The molecule has 146 valence electrons. The third kappa shape index (κ3) is 5.24. The van der Waals surface area contributed by atoms with E-state index in [4.69, 9.17) is 0 Å². The Morgan fingerprint density at radius 3 is 2.50 bits per heavy atom. The zero-order valence-corrected chi connectivity index (χ0v) is 16.8. The fourth-order valence-corrected chi connectivity index (χ4v) is 3.59. The number of rotatable bonds is 7. The van der Waals surface area contributed by atoms with Crippen LogP contribution in [0.25, 0.3) is 0 Å². The van der Waals surface area contributed by atoms with E-state index < -0.39 is 5.82 Å². The van der Waals surface area contributed by atoms with Crippen LogP contribution in [0.2, 0.25) is 0 Å². The number of hydrogen-bond acceptors (Lipinski definition) is 4. The second kappa shape index (κ2) is 8.91. The van der Waals surface area contributed by atoms with Crippen molar-refractivity contribution >= 4 is 11.7 Å². The highest BCUT2D eigenvalue weighted by atomic mass is 19.1. The Bertz CT molecular complexity index is 597. The average Bonchev–Trinajstić information content (AvgIpc) is 2.59. The zero-order valence-electron chi connectivity index (χ0n) is 16.8. The van der Waals surface area contributed by atoms with E-state index in [9.17, 15) is 9.18 Å².